The van der Waals surface area contributed by atoms with Gasteiger partial charge in [0, 0.05) is 39.7 Å². The minimum Gasteiger partial charge on any atom is -0.378 e. The van der Waals surface area contributed by atoms with E-state index in [4.69, 9.17) is 4.74 Å². The van der Waals surface area contributed by atoms with E-state index < -0.39 is 0 Å². The number of anilines is 1. The second-order valence-electron chi connectivity index (χ2n) is 6.70. The zero-order valence-corrected chi connectivity index (χ0v) is 16.9. The second kappa shape index (κ2) is 10.6. The van der Waals surface area contributed by atoms with Gasteiger partial charge in [0.05, 0.1) is 18.3 Å². The Morgan fingerprint density at radius 3 is 2.76 bits per heavy atom. The summed E-state index contributed by atoms with van der Waals surface area (Å²) in [6, 6.07) is 0. The first kappa shape index (κ1) is 20.0. The summed E-state index contributed by atoms with van der Waals surface area (Å²) in [5.41, 5.74) is 1.04. The van der Waals surface area contributed by atoms with Crippen molar-refractivity contribution < 1.29 is 4.74 Å². The second-order valence-corrected chi connectivity index (χ2v) is 7.53. The molecule has 2 rings (SSSR count). The molecule has 1 fully saturated rings. The summed E-state index contributed by atoms with van der Waals surface area (Å²) >= 11 is 1.66. The summed E-state index contributed by atoms with van der Waals surface area (Å²) in [6.07, 6.45) is 6.74. The van der Waals surface area contributed by atoms with Gasteiger partial charge in [-0.1, -0.05) is 12.8 Å². The van der Waals surface area contributed by atoms with Crippen LogP contribution in [0.3, 0.4) is 0 Å². The molecule has 0 aliphatic heterocycles. The van der Waals surface area contributed by atoms with E-state index in [0.717, 1.165) is 42.3 Å². The molecule has 2 N–H and O–H groups in total. The van der Waals surface area contributed by atoms with E-state index >= 15 is 0 Å². The van der Waals surface area contributed by atoms with Crippen molar-refractivity contribution in [2.24, 2.45) is 10.9 Å². The summed E-state index contributed by atoms with van der Waals surface area (Å²) in [7, 11) is 5.82. The molecule has 0 amide bonds. The Morgan fingerprint density at radius 2 is 2.16 bits per heavy atom. The Bertz CT molecular complexity index is 525. The van der Waals surface area contributed by atoms with Crippen LogP contribution in [0, 0.1) is 5.92 Å². The lowest BCUT2D eigenvalue weighted by molar-refractivity contribution is 0.0169. The Hall–Kier alpha value is -1.34. The molecule has 0 aromatic carbocycles. The molecule has 0 bridgehead atoms. The standard InChI is InChI=1S/C18H33N5OS/c1-5-24-16(14-8-6-7-9-14)10-11-20-17(19-2)21-12-15-13-25-18(22-15)23(3)4/h13-14,16H,5-12H2,1-4H3,(H2,19,20,21). The number of rotatable bonds is 9. The van der Waals surface area contributed by atoms with Crippen LogP contribution in [0.4, 0.5) is 5.13 Å². The van der Waals surface area contributed by atoms with E-state index in [1.165, 1.54) is 25.7 Å². The number of hydrogen-bond donors (Lipinski definition) is 2. The lowest BCUT2D eigenvalue weighted by atomic mass is 9.98. The van der Waals surface area contributed by atoms with E-state index in [2.05, 4.69) is 32.9 Å². The molecule has 1 atom stereocenters. The maximum Gasteiger partial charge on any atom is 0.191 e. The number of nitrogens with one attached hydrogen (secondary N) is 2. The topological polar surface area (TPSA) is 61.8 Å². The SMILES string of the molecule is CCOC(CCNC(=NC)NCc1csc(N(C)C)n1)C1CCCC1. The van der Waals surface area contributed by atoms with Gasteiger partial charge >= 0.3 is 0 Å². The molecular weight excluding hydrogens is 334 g/mol. The van der Waals surface area contributed by atoms with Gasteiger partial charge < -0.3 is 20.3 Å². The van der Waals surface area contributed by atoms with Crippen LogP contribution >= 0.6 is 11.3 Å². The van der Waals surface area contributed by atoms with Crippen molar-refractivity contribution in [1.82, 2.24) is 15.6 Å². The number of hydrogen-bond acceptors (Lipinski definition) is 5. The molecule has 142 valence electrons. The van der Waals surface area contributed by atoms with Crippen LogP contribution < -0.4 is 15.5 Å². The highest BCUT2D eigenvalue weighted by Gasteiger charge is 2.25. The van der Waals surface area contributed by atoms with Crippen molar-refractivity contribution in [3.63, 3.8) is 0 Å². The molecule has 1 saturated carbocycles. The Labute approximate surface area is 156 Å². The third-order valence-electron chi connectivity index (χ3n) is 4.61. The monoisotopic (exact) mass is 367 g/mol. The summed E-state index contributed by atoms with van der Waals surface area (Å²) in [4.78, 5) is 10.9. The average Bonchev–Trinajstić information content (AvgIpc) is 3.28. The van der Waals surface area contributed by atoms with Gasteiger partial charge in [0.1, 0.15) is 0 Å². The van der Waals surface area contributed by atoms with Gasteiger partial charge in [-0.25, -0.2) is 4.98 Å². The largest absolute Gasteiger partial charge is 0.378 e. The van der Waals surface area contributed by atoms with Crippen LogP contribution in [-0.4, -0.2) is 51.3 Å². The van der Waals surface area contributed by atoms with E-state index in [1.807, 2.05) is 19.0 Å². The maximum atomic E-state index is 5.98. The van der Waals surface area contributed by atoms with Gasteiger partial charge in [-0.3, -0.25) is 4.99 Å². The molecule has 25 heavy (non-hydrogen) atoms. The summed E-state index contributed by atoms with van der Waals surface area (Å²) in [5.74, 6) is 1.55. The van der Waals surface area contributed by atoms with E-state index in [-0.39, 0.29) is 0 Å². The lowest BCUT2D eigenvalue weighted by Gasteiger charge is -2.24. The fraction of sp³-hybridized carbons (Fsp3) is 0.778. The normalized spacial score (nSPS) is 16.9. The fourth-order valence-electron chi connectivity index (χ4n) is 3.31. The van der Waals surface area contributed by atoms with Gasteiger partial charge in [0.25, 0.3) is 0 Å². The molecule has 0 spiro atoms. The number of aromatic nitrogens is 1. The van der Waals surface area contributed by atoms with Crippen molar-refractivity contribution in [3.05, 3.63) is 11.1 Å². The van der Waals surface area contributed by atoms with Crippen molar-refractivity contribution in [2.75, 3.05) is 39.2 Å². The van der Waals surface area contributed by atoms with Crippen molar-refractivity contribution in [1.29, 1.82) is 0 Å². The number of nitrogens with zero attached hydrogens (tertiary/aromatic N) is 3. The Kier molecular flexibility index (Phi) is 8.48. The first-order chi connectivity index (χ1) is 12.1. The smallest absolute Gasteiger partial charge is 0.191 e. The van der Waals surface area contributed by atoms with Gasteiger partial charge in [0.2, 0.25) is 0 Å². The highest BCUT2D eigenvalue weighted by atomic mass is 32.1. The number of aliphatic imine (C=N–C) groups is 1. The molecule has 1 aliphatic carbocycles. The van der Waals surface area contributed by atoms with E-state index in [9.17, 15) is 0 Å². The average molecular weight is 368 g/mol. The highest BCUT2D eigenvalue weighted by molar-refractivity contribution is 7.13. The molecule has 1 heterocycles. The number of ether oxygens (including phenoxy) is 1. The van der Waals surface area contributed by atoms with Crippen molar-refractivity contribution in [2.45, 2.75) is 51.7 Å². The minimum absolute atomic E-state index is 0.374. The zero-order chi connectivity index (χ0) is 18.1. The first-order valence-electron chi connectivity index (χ1n) is 9.31. The molecule has 1 aliphatic rings. The molecule has 1 aromatic heterocycles. The third kappa shape index (κ3) is 6.47. The molecule has 7 heteroatoms. The predicted molar refractivity (Wildman–Crippen MR) is 107 cm³/mol. The molecule has 0 saturated heterocycles. The number of thiazole rings is 1. The van der Waals surface area contributed by atoms with E-state index in [0.29, 0.717) is 12.6 Å². The third-order valence-corrected chi connectivity index (χ3v) is 5.67. The van der Waals surface area contributed by atoms with Gasteiger partial charge in [-0.15, -0.1) is 11.3 Å². The van der Waals surface area contributed by atoms with Crippen LogP contribution in [-0.2, 0) is 11.3 Å². The lowest BCUT2D eigenvalue weighted by Crippen LogP contribution is -2.39. The Balaban J connectivity index is 1.73. The maximum absolute atomic E-state index is 5.98. The van der Waals surface area contributed by atoms with Gasteiger partial charge in [-0.05, 0) is 32.1 Å². The van der Waals surface area contributed by atoms with Crippen LogP contribution in [0.25, 0.3) is 0 Å². The molecule has 1 unspecified atom stereocenters. The van der Waals surface area contributed by atoms with E-state index in [1.54, 1.807) is 18.4 Å². The van der Waals surface area contributed by atoms with Crippen LogP contribution in [0.1, 0.15) is 44.7 Å². The molecule has 0 radical (unpaired) electrons. The minimum atomic E-state index is 0.374. The van der Waals surface area contributed by atoms with Crippen LogP contribution in [0.5, 0.6) is 0 Å². The predicted octanol–water partition coefficient (Wildman–Crippen LogP) is 2.86. The van der Waals surface area contributed by atoms with Gasteiger partial charge in [-0.2, -0.15) is 0 Å². The van der Waals surface area contributed by atoms with Crippen molar-refractivity contribution >= 4 is 22.4 Å². The number of guanidine groups is 1. The molecular formula is C18H33N5OS. The Morgan fingerprint density at radius 1 is 1.40 bits per heavy atom. The van der Waals surface area contributed by atoms with Crippen molar-refractivity contribution in [3.8, 4) is 0 Å². The summed E-state index contributed by atoms with van der Waals surface area (Å²) < 4.78 is 5.98. The first-order valence-corrected chi connectivity index (χ1v) is 10.2. The molecule has 6 nitrogen and oxygen atoms in total. The quantitative estimate of drug-likeness (QED) is 0.519. The fourth-order valence-corrected chi connectivity index (χ4v) is 4.07. The zero-order valence-electron chi connectivity index (χ0n) is 16.0. The summed E-state index contributed by atoms with van der Waals surface area (Å²) in [5, 5.41) is 9.85. The van der Waals surface area contributed by atoms with Crippen LogP contribution in [0.2, 0.25) is 0 Å². The van der Waals surface area contributed by atoms with Crippen LogP contribution in [0.15, 0.2) is 10.4 Å². The highest BCUT2D eigenvalue weighted by Crippen LogP contribution is 2.30. The summed E-state index contributed by atoms with van der Waals surface area (Å²) in [6.45, 7) is 4.44. The van der Waals surface area contributed by atoms with Gasteiger partial charge in [0.15, 0.2) is 11.1 Å². The molecule has 1 aromatic rings.